The Hall–Kier alpha value is -3.91. The van der Waals surface area contributed by atoms with E-state index in [1.807, 2.05) is 0 Å². The standard InChI is InChI=1S/C38H39N2/c1-37(27-28-15-6-4-7-16-28)31-19-10-11-20-33(31)39(2)34(37)21-14-22-35-38(25-12-5-13-26-38)32-24-23-29-17-8-9-18-30(29)36(32)40(35)3/h4,6-11,14-24H,5,12-13,25-27H2,1-3H3/q+1. The van der Waals surface area contributed by atoms with Crippen molar-refractivity contribution in [3.05, 3.63) is 132 Å². The molecule has 1 atom stereocenters. The van der Waals surface area contributed by atoms with Gasteiger partial charge in [0.2, 0.25) is 5.69 Å². The third-order valence-electron chi connectivity index (χ3n) is 10.0. The molecule has 0 aromatic heterocycles. The van der Waals surface area contributed by atoms with Crippen LogP contribution in [0.25, 0.3) is 10.8 Å². The lowest BCUT2D eigenvalue weighted by molar-refractivity contribution is -0.400. The molecule has 1 saturated carbocycles. The fourth-order valence-corrected chi connectivity index (χ4v) is 8.12. The second kappa shape index (κ2) is 9.63. The molecule has 4 aromatic carbocycles. The summed E-state index contributed by atoms with van der Waals surface area (Å²) in [7, 11) is 4.52. The van der Waals surface area contributed by atoms with Crippen LogP contribution in [-0.4, -0.2) is 24.4 Å². The number of allylic oxidation sites excluding steroid dienone is 4. The number of hydrogen-bond donors (Lipinski definition) is 0. The molecule has 0 N–H and O–H groups in total. The van der Waals surface area contributed by atoms with Gasteiger partial charge in [-0.1, -0.05) is 104 Å². The first-order valence-corrected chi connectivity index (χ1v) is 14.9. The van der Waals surface area contributed by atoms with Crippen molar-refractivity contribution < 1.29 is 4.58 Å². The number of para-hydroxylation sites is 1. The molecule has 2 aliphatic heterocycles. The highest BCUT2D eigenvalue weighted by Crippen LogP contribution is 2.51. The maximum atomic E-state index is 2.51. The molecule has 4 aromatic rings. The first kappa shape index (κ1) is 25.1. The molecule has 2 heteroatoms. The van der Waals surface area contributed by atoms with Gasteiger partial charge in [0.15, 0.2) is 5.71 Å². The summed E-state index contributed by atoms with van der Waals surface area (Å²) in [5.41, 5.74) is 9.87. The Morgan fingerprint density at radius 1 is 0.800 bits per heavy atom. The first-order chi connectivity index (χ1) is 19.5. The molecule has 0 saturated heterocycles. The van der Waals surface area contributed by atoms with Gasteiger partial charge in [-0.15, -0.1) is 0 Å². The van der Waals surface area contributed by atoms with Crippen LogP contribution in [0.3, 0.4) is 0 Å². The second-order valence-corrected chi connectivity index (χ2v) is 12.3. The molecule has 200 valence electrons. The van der Waals surface area contributed by atoms with Crippen molar-refractivity contribution in [2.24, 2.45) is 0 Å². The van der Waals surface area contributed by atoms with E-state index in [1.165, 1.54) is 82.4 Å². The highest BCUT2D eigenvalue weighted by atomic mass is 15.2. The fourth-order valence-electron chi connectivity index (χ4n) is 8.12. The van der Waals surface area contributed by atoms with Crippen molar-refractivity contribution in [3.63, 3.8) is 0 Å². The zero-order valence-electron chi connectivity index (χ0n) is 24.0. The smallest absolute Gasteiger partial charge is 0.217 e. The zero-order valence-corrected chi connectivity index (χ0v) is 24.0. The maximum Gasteiger partial charge on any atom is 0.217 e. The van der Waals surface area contributed by atoms with Crippen LogP contribution in [0.4, 0.5) is 11.4 Å². The SMILES string of the molecule is CN1C(=CC=CC2=[N+](C)c3c(ccc4ccccc34)C23CCCCC3)C(C)(Cc2ccccc2)c2ccccc21. The highest BCUT2D eigenvalue weighted by Gasteiger charge is 2.51. The van der Waals surface area contributed by atoms with E-state index >= 15 is 0 Å². The molecule has 7 rings (SSSR count). The van der Waals surface area contributed by atoms with Gasteiger partial charge >= 0.3 is 0 Å². The van der Waals surface area contributed by atoms with Crippen molar-refractivity contribution in [3.8, 4) is 0 Å². The number of likely N-dealkylation sites (N-methyl/N-ethyl adjacent to an activating group) is 1. The van der Waals surface area contributed by atoms with E-state index < -0.39 is 0 Å². The first-order valence-electron chi connectivity index (χ1n) is 14.9. The normalized spacial score (nSPS) is 22.6. The van der Waals surface area contributed by atoms with Gasteiger partial charge in [0.05, 0.1) is 10.8 Å². The summed E-state index contributed by atoms with van der Waals surface area (Å²) in [4.78, 5) is 2.41. The molecule has 0 bridgehead atoms. The van der Waals surface area contributed by atoms with Gasteiger partial charge in [-0.05, 0) is 60.9 Å². The Morgan fingerprint density at radius 2 is 1.52 bits per heavy atom. The maximum absolute atomic E-state index is 2.51. The predicted octanol–water partition coefficient (Wildman–Crippen LogP) is 8.86. The van der Waals surface area contributed by atoms with E-state index in [4.69, 9.17) is 0 Å². The molecule has 2 nitrogen and oxygen atoms in total. The third-order valence-corrected chi connectivity index (χ3v) is 10.0. The lowest BCUT2D eigenvalue weighted by Gasteiger charge is -2.31. The zero-order chi connectivity index (χ0) is 27.3. The molecule has 1 aliphatic carbocycles. The number of benzene rings is 4. The molecule has 1 spiro atoms. The lowest BCUT2D eigenvalue weighted by Crippen LogP contribution is -2.36. The average molecular weight is 524 g/mol. The summed E-state index contributed by atoms with van der Waals surface area (Å²) in [5.74, 6) is 0. The summed E-state index contributed by atoms with van der Waals surface area (Å²) >= 11 is 0. The Bertz CT molecular complexity index is 1680. The summed E-state index contributed by atoms with van der Waals surface area (Å²) in [5, 5.41) is 2.70. The Balaban J connectivity index is 1.33. The molecule has 40 heavy (non-hydrogen) atoms. The predicted molar refractivity (Wildman–Crippen MR) is 169 cm³/mol. The van der Waals surface area contributed by atoms with E-state index in [9.17, 15) is 0 Å². The van der Waals surface area contributed by atoms with Gasteiger partial charge in [0.1, 0.15) is 7.05 Å². The van der Waals surface area contributed by atoms with E-state index in [2.05, 4.69) is 140 Å². The Kier molecular flexibility index (Phi) is 6.04. The number of anilines is 1. The van der Waals surface area contributed by atoms with Crippen molar-refractivity contribution in [1.29, 1.82) is 0 Å². The van der Waals surface area contributed by atoms with E-state index in [0.29, 0.717) is 0 Å². The fraction of sp³-hybridized carbons (Fsp3) is 0.289. The summed E-state index contributed by atoms with van der Waals surface area (Å²) < 4.78 is 2.51. The Labute approximate surface area is 239 Å². The van der Waals surface area contributed by atoms with Gasteiger partial charge in [-0.25, -0.2) is 0 Å². The van der Waals surface area contributed by atoms with Crippen LogP contribution in [0.15, 0.2) is 115 Å². The highest BCUT2D eigenvalue weighted by molar-refractivity contribution is 6.07. The Morgan fingerprint density at radius 3 is 2.35 bits per heavy atom. The van der Waals surface area contributed by atoms with E-state index in [1.54, 1.807) is 0 Å². The van der Waals surface area contributed by atoms with Gasteiger partial charge in [-0.3, -0.25) is 0 Å². The molecular weight excluding hydrogens is 484 g/mol. The number of rotatable bonds is 4. The topological polar surface area (TPSA) is 6.25 Å². The number of fused-ring (bicyclic) bond motifs is 5. The van der Waals surface area contributed by atoms with E-state index in [-0.39, 0.29) is 10.8 Å². The quantitative estimate of drug-likeness (QED) is 0.242. The number of nitrogens with zero attached hydrogens (tertiary/aromatic N) is 2. The molecule has 1 unspecified atom stereocenters. The van der Waals surface area contributed by atoms with Crippen molar-refractivity contribution in [2.75, 3.05) is 19.0 Å². The van der Waals surface area contributed by atoms with Crippen LogP contribution >= 0.6 is 0 Å². The van der Waals surface area contributed by atoms with E-state index in [0.717, 1.165) is 6.42 Å². The van der Waals surface area contributed by atoms with Gasteiger partial charge < -0.3 is 4.90 Å². The third kappa shape index (κ3) is 3.73. The minimum absolute atomic E-state index is 0.0923. The van der Waals surface area contributed by atoms with Crippen molar-refractivity contribution in [2.45, 2.75) is 56.3 Å². The van der Waals surface area contributed by atoms with Crippen LogP contribution in [0, 0.1) is 0 Å². The minimum Gasteiger partial charge on any atom is -0.347 e. The van der Waals surface area contributed by atoms with Gasteiger partial charge in [0.25, 0.3) is 0 Å². The molecule has 0 amide bonds. The van der Waals surface area contributed by atoms with Crippen LogP contribution in [0.5, 0.6) is 0 Å². The molecular formula is C38H39N2+. The lowest BCUT2D eigenvalue weighted by atomic mass is 9.67. The summed E-state index contributed by atoms with van der Waals surface area (Å²) in [6.45, 7) is 2.42. The van der Waals surface area contributed by atoms with Gasteiger partial charge in [0, 0.05) is 35.5 Å². The average Bonchev–Trinajstić information content (AvgIpc) is 3.34. The van der Waals surface area contributed by atoms with Crippen LogP contribution in [0.1, 0.15) is 55.7 Å². The minimum atomic E-state index is -0.0923. The summed E-state index contributed by atoms with van der Waals surface area (Å²) in [6.07, 6.45) is 14.6. The largest absolute Gasteiger partial charge is 0.347 e. The second-order valence-electron chi connectivity index (χ2n) is 12.3. The van der Waals surface area contributed by atoms with Crippen molar-refractivity contribution >= 4 is 27.9 Å². The van der Waals surface area contributed by atoms with Crippen LogP contribution in [0.2, 0.25) is 0 Å². The summed E-state index contributed by atoms with van der Waals surface area (Å²) in [6, 6.07) is 33.5. The molecule has 3 aliphatic rings. The molecule has 2 heterocycles. The van der Waals surface area contributed by atoms with Crippen LogP contribution in [-0.2, 0) is 17.3 Å². The van der Waals surface area contributed by atoms with Crippen molar-refractivity contribution in [1.82, 2.24) is 0 Å². The number of hydrogen-bond acceptors (Lipinski definition) is 1. The molecule has 0 radical (unpaired) electrons. The monoisotopic (exact) mass is 523 g/mol. The van der Waals surface area contributed by atoms with Gasteiger partial charge in [-0.2, -0.15) is 4.58 Å². The van der Waals surface area contributed by atoms with Crippen LogP contribution < -0.4 is 4.90 Å². The molecule has 1 fully saturated rings.